The Morgan fingerprint density at radius 2 is 2.21 bits per heavy atom. The van der Waals surface area contributed by atoms with Gasteiger partial charge in [-0.25, -0.2) is 4.98 Å². The van der Waals surface area contributed by atoms with Crippen LogP contribution in [-0.4, -0.2) is 18.1 Å². The fraction of sp³-hybridized carbons (Fsp3) is 0.500. The van der Waals surface area contributed by atoms with Crippen molar-refractivity contribution in [1.82, 2.24) is 4.98 Å². The molecule has 1 aromatic rings. The molecule has 0 bridgehead atoms. The lowest BCUT2D eigenvalue weighted by atomic mass is 10.3. The van der Waals surface area contributed by atoms with Crippen molar-refractivity contribution in [2.45, 2.75) is 20.3 Å². The van der Waals surface area contributed by atoms with Gasteiger partial charge in [0.15, 0.2) is 0 Å². The molecular weight excluding hydrogens is 242 g/mol. The lowest BCUT2D eigenvalue weighted by Crippen LogP contribution is -2.24. The predicted octanol–water partition coefficient (Wildman–Crippen LogP) is 2.66. The van der Waals surface area contributed by atoms with Crippen molar-refractivity contribution in [1.29, 1.82) is 0 Å². The van der Waals surface area contributed by atoms with Crippen LogP contribution in [0.2, 0.25) is 0 Å². The molecule has 0 amide bonds. The van der Waals surface area contributed by atoms with Crippen molar-refractivity contribution < 1.29 is 0 Å². The SMILES string of the molecule is CCCN(CC)c1ncc(N)cc1Br. The summed E-state index contributed by atoms with van der Waals surface area (Å²) < 4.78 is 0.966. The topological polar surface area (TPSA) is 42.2 Å². The van der Waals surface area contributed by atoms with E-state index in [2.05, 4.69) is 39.7 Å². The first-order chi connectivity index (χ1) is 6.69. The van der Waals surface area contributed by atoms with Crippen LogP contribution >= 0.6 is 15.9 Å². The van der Waals surface area contributed by atoms with Crippen LogP contribution in [0.4, 0.5) is 11.5 Å². The molecule has 2 N–H and O–H groups in total. The van der Waals surface area contributed by atoms with Crippen molar-refractivity contribution in [3.8, 4) is 0 Å². The fourth-order valence-electron chi connectivity index (χ4n) is 1.36. The van der Waals surface area contributed by atoms with Crippen molar-refractivity contribution >= 4 is 27.4 Å². The third-order valence-electron chi connectivity index (χ3n) is 2.02. The number of nitrogens with zero attached hydrogens (tertiary/aromatic N) is 2. The molecule has 0 radical (unpaired) electrons. The number of nitrogens with two attached hydrogens (primary N) is 1. The molecule has 0 saturated heterocycles. The molecular formula is C10H16BrN3. The van der Waals surface area contributed by atoms with Gasteiger partial charge in [0.05, 0.1) is 16.4 Å². The van der Waals surface area contributed by atoms with Crippen LogP contribution in [0.15, 0.2) is 16.7 Å². The maximum absolute atomic E-state index is 5.63. The molecule has 0 atom stereocenters. The summed E-state index contributed by atoms with van der Waals surface area (Å²) in [5, 5.41) is 0. The van der Waals surface area contributed by atoms with E-state index in [4.69, 9.17) is 5.73 Å². The monoisotopic (exact) mass is 257 g/mol. The Morgan fingerprint density at radius 1 is 1.50 bits per heavy atom. The molecule has 78 valence electrons. The molecule has 1 aromatic heterocycles. The Labute approximate surface area is 93.4 Å². The number of halogens is 1. The summed E-state index contributed by atoms with van der Waals surface area (Å²) >= 11 is 3.47. The minimum atomic E-state index is 0.688. The van der Waals surface area contributed by atoms with Gasteiger partial charge in [-0.05, 0) is 35.3 Å². The van der Waals surface area contributed by atoms with Crippen LogP contribution in [0.25, 0.3) is 0 Å². The van der Waals surface area contributed by atoms with Crippen LogP contribution in [0.5, 0.6) is 0 Å². The molecule has 0 aromatic carbocycles. The highest BCUT2D eigenvalue weighted by Gasteiger charge is 2.08. The Kier molecular flexibility index (Phi) is 4.20. The van der Waals surface area contributed by atoms with E-state index < -0.39 is 0 Å². The van der Waals surface area contributed by atoms with Crippen LogP contribution in [-0.2, 0) is 0 Å². The van der Waals surface area contributed by atoms with E-state index in [0.717, 1.165) is 29.8 Å². The minimum absolute atomic E-state index is 0.688. The first-order valence-corrected chi connectivity index (χ1v) is 5.64. The Bertz CT molecular complexity index is 301. The van der Waals surface area contributed by atoms with Gasteiger partial charge in [-0.3, -0.25) is 0 Å². The second kappa shape index (κ2) is 5.20. The second-order valence-corrected chi connectivity index (χ2v) is 4.01. The smallest absolute Gasteiger partial charge is 0.143 e. The zero-order valence-corrected chi connectivity index (χ0v) is 10.2. The van der Waals surface area contributed by atoms with Crippen molar-refractivity contribution in [3.63, 3.8) is 0 Å². The predicted molar refractivity (Wildman–Crippen MR) is 64.5 cm³/mol. The lowest BCUT2D eigenvalue weighted by Gasteiger charge is -2.22. The van der Waals surface area contributed by atoms with Gasteiger partial charge in [-0.1, -0.05) is 6.92 Å². The van der Waals surface area contributed by atoms with Gasteiger partial charge in [-0.15, -0.1) is 0 Å². The number of anilines is 2. The van der Waals surface area contributed by atoms with Gasteiger partial charge < -0.3 is 10.6 Å². The van der Waals surface area contributed by atoms with E-state index in [-0.39, 0.29) is 0 Å². The van der Waals surface area contributed by atoms with Crippen LogP contribution in [0, 0.1) is 0 Å². The Morgan fingerprint density at radius 3 is 2.71 bits per heavy atom. The quantitative estimate of drug-likeness (QED) is 0.902. The zero-order chi connectivity index (χ0) is 10.6. The van der Waals surface area contributed by atoms with Crippen LogP contribution in [0.3, 0.4) is 0 Å². The number of rotatable bonds is 4. The standard InChI is InChI=1S/C10H16BrN3/c1-3-5-14(4-2)10-9(11)6-8(12)7-13-10/h6-7H,3-5,12H2,1-2H3. The number of hydrogen-bond donors (Lipinski definition) is 1. The molecule has 14 heavy (non-hydrogen) atoms. The summed E-state index contributed by atoms with van der Waals surface area (Å²) in [7, 11) is 0. The van der Waals surface area contributed by atoms with Gasteiger partial charge in [0.2, 0.25) is 0 Å². The van der Waals surface area contributed by atoms with Gasteiger partial charge in [0.25, 0.3) is 0 Å². The largest absolute Gasteiger partial charge is 0.397 e. The number of aromatic nitrogens is 1. The summed E-state index contributed by atoms with van der Waals surface area (Å²) in [6.07, 6.45) is 2.81. The number of hydrogen-bond acceptors (Lipinski definition) is 3. The van der Waals surface area contributed by atoms with E-state index in [1.807, 2.05) is 6.07 Å². The van der Waals surface area contributed by atoms with Crippen LogP contribution in [0.1, 0.15) is 20.3 Å². The maximum atomic E-state index is 5.63. The first kappa shape index (κ1) is 11.3. The average molecular weight is 258 g/mol. The molecule has 0 spiro atoms. The lowest BCUT2D eigenvalue weighted by molar-refractivity contribution is 0.777. The van der Waals surface area contributed by atoms with E-state index in [1.54, 1.807) is 6.20 Å². The van der Waals surface area contributed by atoms with Crippen molar-refractivity contribution in [3.05, 3.63) is 16.7 Å². The average Bonchev–Trinajstić information content (AvgIpc) is 2.15. The molecule has 4 heteroatoms. The highest BCUT2D eigenvalue weighted by atomic mass is 79.9. The number of pyridine rings is 1. The van der Waals surface area contributed by atoms with Gasteiger partial charge >= 0.3 is 0 Å². The zero-order valence-electron chi connectivity index (χ0n) is 8.63. The molecule has 0 aliphatic heterocycles. The van der Waals surface area contributed by atoms with Crippen molar-refractivity contribution in [2.24, 2.45) is 0 Å². The summed E-state index contributed by atoms with van der Waals surface area (Å²) in [6.45, 7) is 6.27. The molecule has 0 unspecified atom stereocenters. The molecule has 1 heterocycles. The summed E-state index contributed by atoms with van der Waals surface area (Å²) in [5.74, 6) is 0.976. The fourth-order valence-corrected chi connectivity index (χ4v) is 1.98. The van der Waals surface area contributed by atoms with E-state index in [9.17, 15) is 0 Å². The highest BCUT2D eigenvalue weighted by Crippen LogP contribution is 2.25. The summed E-state index contributed by atoms with van der Waals surface area (Å²) in [4.78, 5) is 6.55. The van der Waals surface area contributed by atoms with E-state index in [1.165, 1.54) is 0 Å². The number of nitrogen functional groups attached to an aromatic ring is 1. The van der Waals surface area contributed by atoms with Gasteiger partial charge in [-0.2, -0.15) is 0 Å². The van der Waals surface area contributed by atoms with Crippen LogP contribution < -0.4 is 10.6 Å². The molecule has 0 saturated carbocycles. The molecule has 0 fully saturated rings. The molecule has 3 nitrogen and oxygen atoms in total. The van der Waals surface area contributed by atoms with Gasteiger partial charge in [0, 0.05) is 13.1 Å². The minimum Gasteiger partial charge on any atom is -0.397 e. The third-order valence-corrected chi connectivity index (χ3v) is 2.60. The molecule has 1 rings (SSSR count). The Balaban J connectivity index is 2.92. The summed E-state index contributed by atoms with van der Waals surface area (Å²) in [6, 6.07) is 1.89. The van der Waals surface area contributed by atoms with Gasteiger partial charge in [0.1, 0.15) is 5.82 Å². The first-order valence-electron chi connectivity index (χ1n) is 4.85. The van der Waals surface area contributed by atoms with E-state index >= 15 is 0 Å². The van der Waals surface area contributed by atoms with E-state index in [0.29, 0.717) is 5.69 Å². The maximum Gasteiger partial charge on any atom is 0.143 e. The highest BCUT2D eigenvalue weighted by molar-refractivity contribution is 9.10. The third kappa shape index (κ3) is 2.61. The second-order valence-electron chi connectivity index (χ2n) is 3.15. The molecule has 0 aliphatic rings. The molecule has 0 aliphatic carbocycles. The summed E-state index contributed by atoms with van der Waals surface area (Å²) in [5.41, 5.74) is 6.32. The normalized spacial score (nSPS) is 10.2. The van der Waals surface area contributed by atoms with Crippen molar-refractivity contribution in [2.75, 3.05) is 23.7 Å². The Hall–Kier alpha value is -0.770.